The molecule has 10 heteroatoms. The van der Waals surface area contributed by atoms with Crippen LogP contribution in [0.15, 0.2) is 55.0 Å². The number of nitrogens with one attached hydrogen (secondary N) is 1. The Morgan fingerprint density at radius 3 is 2.28 bits per heavy atom. The lowest BCUT2D eigenvalue weighted by molar-refractivity contribution is -0.137. The Balaban J connectivity index is 0.000000403. The van der Waals surface area contributed by atoms with Crippen LogP contribution in [0.25, 0.3) is 10.9 Å². The molecule has 0 fully saturated rings. The minimum Gasteiger partial charge on any atom is -0.481 e. The van der Waals surface area contributed by atoms with Crippen LogP contribution in [-0.2, 0) is 27.3 Å². The van der Waals surface area contributed by atoms with Gasteiger partial charge in [0.15, 0.2) is 0 Å². The quantitative estimate of drug-likeness (QED) is 0.430. The number of fused-ring (bicyclic) bond motifs is 1. The molecule has 6 N–H and O–H groups in total. The monoisotopic (exact) mass is 403 g/mol. The SMILES string of the molecule is O.O=C(O)C=CC(=O)O.O=C(O)CCn1cc(Cc2ncc[nH]2)c2ccccc21. The van der Waals surface area contributed by atoms with Gasteiger partial charge in [-0.05, 0) is 11.6 Å². The minimum absolute atomic E-state index is 0. The summed E-state index contributed by atoms with van der Waals surface area (Å²) in [6.07, 6.45) is 7.52. The molecule has 0 bridgehead atoms. The maximum absolute atomic E-state index is 10.7. The van der Waals surface area contributed by atoms with Crippen molar-refractivity contribution in [1.82, 2.24) is 14.5 Å². The van der Waals surface area contributed by atoms with Crippen LogP contribution in [0.5, 0.6) is 0 Å². The predicted octanol–water partition coefficient (Wildman–Crippen LogP) is 1.32. The molecule has 2 heterocycles. The molecule has 0 saturated heterocycles. The number of aromatic amines is 1. The van der Waals surface area contributed by atoms with Gasteiger partial charge in [0.05, 0.1) is 6.42 Å². The van der Waals surface area contributed by atoms with Crippen molar-refractivity contribution >= 4 is 28.8 Å². The van der Waals surface area contributed by atoms with Gasteiger partial charge < -0.3 is 30.3 Å². The molecule has 0 saturated carbocycles. The van der Waals surface area contributed by atoms with Crippen molar-refractivity contribution in [2.45, 2.75) is 19.4 Å². The van der Waals surface area contributed by atoms with Crippen LogP contribution in [0.4, 0.5) is 0 Å². The zero-order valence-corrected chi connectivity index (χ0v) is 15.3. The Hall–Kier alpha value is -3.92. The number of carboxylic acids is 3. The third-order valence-electron chi connectivity index (χ3n) is 3.72. The first kappa shape index (κ1) is 23.1. The van der Waals surface area contributed by atoms with E-state index in [0.29, 0.717) is 25.1 Å². The fourth-order valence-electron chi connectivity index (χ4n) is 2.58. The Bertz CT molecular complexity index is 975. The van der Waals surface area contributed by atoms with Crippen LogP contribution in [0, 0.1) is 0 Å². The molecule has 2 aromatic heterocycles. The van der Waals surface area contributed by atoms with E-state index in [1.807, 2.05) is 29.0 Å². The summed E-state index contributed by atoms with van der Waals surface area (Å²) in [4.78, 5) is 37.2. The van der Waals surface area contributed by atoms with Gasteiger partial charge in [-0.2, -0.15) is 0 Å². The first-order chi connectivity index (χ1) is 13.4. The van der Waals surface area contributed by atoms with Crippen molar-refractivity contribution in [3.63, 3.8) is 0 Å². The van der Waals surface area contributed by atoms with Crippen LogP contribution >= 0.6 is 0 Å². The van der Waals surface area contributed by atoms with Gasteiger partial charge in [-0.3, -0.25) is 4.79 Å². The molecular formula is C19H21N3O7. The molecule has 3 rings (SSSR count). The number of nitrogens with zero attached hydrogens (tertiary/aromatic N) is 2. The molecule has 0 atom stereocenters. The maximum Gasteiger partial charge on any atom is 0.328 e. The normalized spacial score (nSPS) is 10.2. The molecule has 0 aliphatic carbocycles. The molecule has 154 valence electrons. The number of aromatic nitrogens is 3. The van der Waals surface area contributed by atoms with E-state index in [1.165, 1.54) is 0 Å². The highest BCUT2D eigenvalue weighted by Crippen LogP contribution is 2.23. The van der Waals surface area contributed by atoms with Crippen LogP contribution in [0.1, 0.15) is 17.8 Å². The van der Waals surface area contributed by atoms with E-state index in [0.717, 1.165) is 22.3 Å². The molecule has 3 aromatic rings. The van der Waals surface area contributed by atoms with Crippen LogP contribution < -0.4 is 0 Å². The number of benzene rings is 1. The van der Waals surface area contributed by atoms with Crippen LogP contribution in [0.3, 0.4) is 0 Å². The molecule has 0 aliphatic heterocycles. The fourth-order valence-corrected chi connectivity index (χ4v) is 2.58. The number of para-hydroxylation sites is 1. The van der Waals surface area contributed by atoms with Gasteiger partial charge in [0.1, 0.15) is 5.82 Å². The van der Waals surface area contributed by atoms with Gasteiger partial charge >= 0.3 is 17.9 Å². The highest BCUT2D eigenvalue weighted by Gasteiger charge is 2.10. The molecule has 0 spiro atoms. The van der Waals surface area contributed by atoms with Crippen molar-refractivity contribution < 1.29 is 35.2 Å². The van der Waals surface area contributed by atoms with Gasteiger partial charge in [0, 0.05) is 54.6 Å². The van der Waals surface area contributed by atoms with E-state index in [1.54, 1.807) is 12.4 Å². The number of rotatable bonds is 7. The fraction of sp³-hybridized carbons (Fsp3) is 0.158. The zero-order valence-electron chi connectivity index (χ0n) is 15.3. The average Bonchev–Trinajstić information content (AvgIpc) is 3.28. The number of carbonyl (C=O) groups is 3. The highest BCUT2D eigenvalue weighted by atomic mass is 16.4. The summed E-state index contributed by atoms with van der Waals surface area (Å²) >= 11 is 0. The van der Waals surface area contributed by atoms with Gasteiger partial charge in [-0.1, -0.05) is 18.2 Å². The molecule has 0 aliphatic rings. The maximum atomic E-state index is 10.7. The summed E-state index contributed by atoms with van der Waals surface area (Å²) < 4.78 is 2.00. The lowest BCUT2D eigenvalue weighted by Crippen LogP contribution is -2.03. The first-order valence-corrected chi connectivity index (χ1v) is 8.27. The van der Waals surface area contributed by atoms with E-state index in [2.05, 4.69) is 16.0 Å². The standard InChI is InChI=1S/C15H15N3O2.C4H4O4.H2O/c19-15(20)5-8-18-10-11(9-14-16-6-7-17-14)12-3-1-2-4-13(12)18;5-3(6)1-2-4(7)8;/h1-4,6-7,10H,5,8-9H2,(H,16,17)(H,19,20);1-2H,(H,5,6)(H,7,8);1H2. The third kappa shape index (κ3) is 7.31. The topological polar surface area (TPSA) is 177 Å². The number of aryl methyl sites for hydroxylation is 1. The Morgan fingerprint density at radius 1 is 1.07 bits per heavy atom. The molecule has 0 radical (unpaired) electrons. The molecule has 0 amide bonds. The number of hydrogen-bond acceptors (Lipinski definition) is 4. The lowest BCUT2D eigenvalue weighted by Gasteiger charge is -2.01. The number of H-pyrrole nitrogens is 1. The number of carboxylic acid groups (broad SMARTS) is 3. The van der Waals surface area contributed by atoms with Crippen LogP contribution in [0.2, 0.25) is 0 Å². The van der Waals surface area contributed by atoms with Crippen molar-refractivity contribution in [2.75, 3.05) is 0 Å². The molecular weight excluding hydrogens is 382 g/mol. The Labute approximate surface area is 165 Å². The van der Waals surface area contributed by atoms with Gasteiger partial charge in [0.2, 0.25) is 0 Å². The third-order valence-corrected chi connectivity index (χ3v) is 3.72. The zero-order chi connectivity index (χ0) is 20.5. The van der Waals surface area contributed by atoms with Crippen molar-refractivity contribution in [1.29, 1.82) is 0 Å². The summed E-state index contributed by atoms with van der Waals surface area (Å²) in [6, 6.07) is 8.04. The number of imidazole rings is 1. The van der Waals surface area contributed by atoms with Crippen molar-refractivity contribution in [3.8, 4) is 0 Å². The van der Waals surface area contributed by atoms with E-state index >= 15 is 0 Å². The van der Waals surface area contributed by atoms with Crippen molar-refractivity contribution in [3.05, 3.63) is 66.4 Å². The van der Waals surface area contributed by atoms with Gasteiger partial charge in [-0.15, -0.1) is 0 Å². The number of hydrogen-bond donors (Lipinski definition) is 4. The minimum atomic E-state index is -1.26. The largest absolute Gasteiger partial charge is 0.481 e. The predicted molar refractivity (Wildman–Crippen MR) is 104 cm³/mol. The smallest absolute Gasteiger partial charge is 0.328 e. The summed E-state index contributed by atoms with van der Waals surface area (Å²) in [5, 5.41) is 25.6. The molecule has 29 heavy (non-hydrogen) atoms. The number of aliphatic carboxylic acids is 3. The lowest BCUT2D eigenvalue weighted by atomic mass is 10.1. The van der Waals surface area contributed by atoms with Gasteiger partial charge in [-0.25, -0.2) is 14.6 Å². The van der Waals surface area contributed by atoms with E-state index in [9.17, 15) is 14.4 Å². The summed E-state index contributed by atoms with van der Waals surface area (Å²) in [7, 11) is 0. The van der Waals surface area contributed by atoms with E-state index in [4.69, 9.17) is 15.3 Å². The second kappa shape index (κ2) is 11.0. The summed E-state index contributed by atoms with van der Waals surface area (Å²) in [5.41, 5.74) is 2.22. The first-order valence-electron chi connectivity index (χ1n) is 8.27. The summed E-state index contributed by atoms with van der Waals surface area (Å²) in [5.74, 6) is -2.39. The highest BCUT2D eigenvalue weighted by molar-refractivity contribution is 5.89. The molecule has 10 nitrogen and oxygen atoms in total. The second-order valence-corrected chi connectivity index (χ2v) is 5.73. The molecule has 0 unspecified atom stereocenters. The van der Waals surface area contributed by atoms with Crippen LogP contribution in [-0.4, -0.2) is 53.2 Å². The average molecular weight is 403 g/mol. The summed E-state index contributed by atoms with van der Waals surface area (Å²) in [6.45, 7) is 0.480. The second-order valence-electron chi connectivity index (χ2n) is 5.73. The van der Waals surface area contributed by atoms with E-state index < -0.39 is 17.9 Å². The Morgan fingerprint density at radius 2 is 1.72 bits per heavy atom. The van der Waals surface area contributed by atoms with E-state index in [-0.39, 0.29) is 11.9 Å². The van der Waals surface area contributed by atoms with Gasteiger partial charge in [0.25, 0.3) is 0 Å². The van der Waals surface area contributed by atoms with Crippen molar-refractivity contribution in [2.24, 2.45) is 0 Å². The molecule has 1 aromatic carbocycles. The Kier molecular flexibility index (Phi) is 8.80.